The molecule has 1 aromatic heterocycles. The number of benzene rings is 2. The molecule has 2 heterocycles. The number of thiazole rings is 1. The van der Waals surface area contributed by atoms with E-state index in [1.807, 2.05) is 77.1 Å². The normalized spacial score (nSPS) is 14.5. The Balaban J connectivity index is 1.37. The highest BCUT2D eigenvalue weighted by atomic mass is 32.1. The second-order valence-electron chi connectivity index (χ2n) is 6.69. The molecular formula is C22H23N3O2S. The number of hydrogen-bond acceptors (Lipinski definition) is 5. The number of piperazine rings is 1. The molecule has 0 radical (unpaired) electrons. The Bertz CT molecular complexity index is 824. The average Bonchev–Trinajstić information content (AvgIpc) is 3.30. The fourth-order valence-corrected chi connectivity index (χ4v) is 4.10. The summed E-state index contributed by atoms with van der Waals surface area (Å²) in [5, 5.41) is 3.00. The minimum atomic E-state index is -0.247. The molecule has 1 aliphatic rings. The lowest BCUT2D eigenvalue weighted by Crippen LogP contribution is -2.49. The first-order valence-corrected chi connectivity index (χ1v) is 10.3. The van der Waals surface area contributed by atoms with Gasteiger partial charge in [-0.15, -0.1) is 11.3 Å². The average molecular weight is 394 g/mol. The fourth-order valence-electron chi connectivity index (χ4n) is 3.41. The van der Waals surface area contributed by atoms with Crippen LogP contribution in [0.25, 0.3) is 0 Å². The molecule has 28 heavy (non-hydrogen) atoms. The second-order valence-corrected chi connectivity index (χ2v) is 7.57. The Morgan fingerprint density at radius 1 is 0.964 bits per heavy atom. The first-order valence-electron chi connectivity index (χ1n) is 9.45. The van der Waals surface area contributed by atoms with Crippen molar-refractivity contribution in [1.29, 1.82) is 0 Å². The molecule has 2 aromatic carbocycles. The molecule has 0 saturated carbocycles. The third-order valence-electron chi connectivity index (χ3n) is 4.90. The van der Waals surface area contributed by atoms with Crippen molar-refractivity contribution in [3.8, 4) is 0 Å². The maximum absolute atomic E-state index is 12.7. The number of aromatic nitrogens is 1. The zero-order valence-electron chi connectivity index (χ0n) is 15.6. The summed E-state index contributed by atoms with van der Waals surface area (Å²) in [5.74, 6) is 0.0376. The van der Waals surface area contributed by atoms with Gasteiger partial charge in [0.05, 0.1) is 0 Å². The van der Waals surface area contributed by atoms with E-state index < -0.39 is 0 Å². The van der Waals surface area contributed by atoms with E-state index in [0.29, 0.717) is 13.1 Å². The topological polar surface area (TPSA) is 45.7 Å². The van der Waals surface area contributed by atoms with E-state index in [0.717, 1.165) is 29.3 Å². The van der Waals surface area contributed by atoms with E-state index >= 15 is 0 Å². The lowest BCUT2D eigenvalue weighted by atomic mass is 10.0. The maximum atomic E-state index is 12.7. The van der Waals surface area contributed by atoms with Crippen LogP contribution in [0.5, 0.6) is 0 Å². The molecule has 1 aliphatic heterocycles. The molecule has 0 N–H and O–H groups in total. The van der Waals surface area contributed by atoms with Gasteiger partial charge in [-0.3, -0.25) is 4.79 Å². The van der Waals surface area contributed by atoms with Crippen LogP contribution in [-0.4, -0.2) is 48.6 Å². The number of carbonyl (C=O) groups excluding carboxylic acids is 1. The van der Waals surface area contributed by atoms with Crippen LogP contribution >= 0.6 is 11.3 Å². The molecule has 5 nitrogen and oxygen atoms in total. The van der Waals surface area contributed by atoms with Crippen LogP contribution in [0.1, 0.15) is 17.2 Å². The van der Waals surface area contributed by atoms with Crippen molar-refractivity contribution in [1.82, 2.24) is 9.88 Å². The predicted molar refractivity (Wildman–Crippen MR) is 112 cm³/mol. The summed E-state index contributed by atoms with van der Waals surface area (Å²) in [5.41, 5.74) is 2.10. The Morgan fingerprint density at radius 3 is 2.11 bits per heavy atom. The monoisotopic (exact) mass is 393 g/mol. The van der Waals surface area contributed by atoms with Crippen molar-refractivity contribution in [2.24, 2.45) is 0 Å². The number of carbonyl (C=O) groups is 1. The molecule has 4 rings (SSSR count). The minimum Gasteiger partial charge on any atom is -0.359 e. The number of ether oxygens (including phenoxy) is 1. The fraction of sp³-hybridized carbons (Fsp3) is 0.273. The van der Waals surface area contributed by atoms with Gasteiger partial charge in [-0.25, -0.2) is 4.98 Å². The number of hydrogen-bond donors (Lipinski definition) is 0. The van der Waals surface area contributed by atoms with Gasteiger partial charge in [0.2, 0.25) is 5.91 Å². The molecule has 0 bridgehead atoms. The first-order chi connectivity index (χ1) is 13.8. The summed E-state index contributed by atoms with van der Waals surface area (Å²) >= 11 is 1.64. The lowest BCUT2D eigenvalue weighted by molar-refractivity contribution is -0.137. The SMILES string of the molecule is O=C(COC(c1ccccc1)c1ccccc1)N1CCN(c2nccs2)CC1. The molecule has 0 atom stereocenters. The van der Waals surface area contributed by atoms with Crippen LogP contribution in [-0.2, 0) is 9.53 Å². The second kappa shape index (κ2) is 8.99. The van der Waals surface area contributed by atoms with Gasteiger partial charge in [0.25, 0.3) is 0 Å². The summed E-state index contributed by atoms with van der Waals surface area (Å²) in [6.45, 7) is 3.08. The lowest BCUT2D eigenvalue weighted by Gasteiger charge is -2.34. The van der Waals surface area contributed by atoms with E-state index in [4.69, 9.17) is 4.74 Å². The zero-order valence-corrected chi connectivity index (χ0v) is 16.4. The zero-order chi connectivity index (χ0) is 19.2. The number of rotatable bonds is 6. The molecule has 6 heteroatoms. The number of anilines is 1. The van der Waals surface area contributed by atoms with Gasteiger partial charge in [-0.05, 0) is 11.1 Å². The van der Waals surface area contributed by atoms with Crippen LogP contribution in [0.3, 0.4) is 0 Å². The van der Waals surface area contributed by atoms with Crippen LogP contribution in [0.15, 0.2) is 72.2 Å². The molecule has 3 aromatic rings. The third-order valence-corrected chi connectivity index (χ3v) is 5.73. The predicted octanol–water partition coefficient (Wildman–Crippen LogP) is 3.60. The summed E-state index contributed by atoms with van der Waals surface area (Å²) in [6, 6.07) is 20.1. The number of nitrogens with zero attached hydrogens (tertiary/aromatic N) is 3. The quantitative estimate of drug-likeness (QED) is 0.642. The van der Waals surface area contributed by atoms with Crippen molar-refractivity contribution >= 4 is 22.4 Å². The molecule has 0 unspecified atom stereocenters. The van der Waals surface area contributed by atoms with Gasteiger partial charge in [0.1, 0.15) is 12.7 Å². The Morgan fingerprint density at radius 2 is 1.57 bits per heavy atom. The Labute approximate surface area is 169 Å². The Hall–Kier alpha value is -2.70. The van der Waals surface area contributed by atoms with Crippen molar-refractivity contribution in [3.05, 3.63) is 83.4 Å². The van der Waals surface area contributed by atoms with Gasteiger partial charge >= 0.3 is 0 Å². The summed E-state index contributed by atoms with van der Waals surface area (Å²) < 4.78 is 6.11. The summed E-state index contributed by atoms with van der Waals surface area (Å²) in [7, 11) is 0. The van der Waals surface area contributed by atoms with Crippen LogP contribution in [0.4, 0.5) is 5.13 Å². The molecule has 0 spiro atoms. The minimum absolute atomic E-state index is 0.0376. The molecule has 1 saturated heterocycles. The largest absolute Gasteiger partial charge is 0.359 e. The highest BCUT2D eigenvalue weighted by molar-refractivity contribution is 7.13. The molecule has 144 valence electrons. The smallest absolute Gasteiger partial charge is 0.248 e. The molecular weight excluding hydrogens is 370 g/mol. The molecule has 1 fully saturated rings. The van der Waals surface area contributed by atoms with Crippen molar-refractivity contribution in [2.45, 2.75) is 6.10 Å². The van der Waals surface area contributed by atoms with Gasteiger partial charge in [-0.2, -0.15) is 0 Å². The summed E-state index contributed by atoms with van der Waals surface area (Å²) in [4.78, 5) is 21.2. The van der Waals surface area contributed by atoms with E-state index in [9.17, 15) is 4.79 Å². The highest BCUT2D eigenvalue weighted by Gasteiger charge is 2.24. The van der Waals surface area contributed by atoms with Crippen LogP contribution in [0.2, 0.25) is 0 Å². The van der Waals surface area contributed by atoms with E-state index in [2.05, 4.69) is 9.88 Å². The van der Waals surface area contributed by atoms with E-state index in [1.54, 1.807) is 11.3 Å². The summed E-state index contributed by atoms with van der Waals surface area (Å²) in [6.07, 6.45) is 1.57. The van der Waals surface area contributed by atoms with Gasteiger partial charge in [-0.1, -0.05) is 60.7 Å². The van der Waals surface area contributed by atoms with Gasteiger partial charge in [0.15, 0.2) is 5.13 Å². The molecule has 1 amide bonds. The third kappa shape index (κ3) is 4.40. The van der Waals surface area contributed by atoms with Gasteiger partial charge < -0.3 is 14.5 Å². The first kappa shape index (κ1) is 18.7. The van der Waals surface area contributed by atoms with Crippen molar-refractivity contribution < 1.29 is 9.53 Å². The van der Waals surface area contributed by atoms with E-state index in [-0.39, 0.29) is 18.6 Å². The van der Waals surface area contributed by atoms with E-state index in [1.165, 1.54) is 0 Å². The van der Waals surface area contributed by atoms with Crippen molar-refractivity contribution in [3.63, 3.8) is 0 Å². The highest BCUT2D eigenvalue weighted by Crippen LogP contribution is 2.26. The Kier molecular flexibility index (Phi) is 5.99. The van der Waals surface area contributed by atoms with Gasteiger partial charge in [0, 0.05) is 37.8 Å². The van der Waals surface area contributed by atoms with Crippen LogP contribution in [0, 0.1) is 0 Å². The molecule has 0 aliphatic carbocycles. The maximum Gasteiger partial charge on any atom is 0.248 e. The van der Waals surface area contributed by atoms with Crippen molar-refractivity contribution in [2.75, 3.05) is 37.7 Å². The van der Waals surface area contributed by atoms with Crippen LogP contribution < -0.4 is 4.90 Å². The number of amides is 1. The standard InChI is InChI=1S/C22H23N3O2S/c26-20(24-12-14-25(15-13-24)22-23-11-16-28-22)17-27-21(18-7-3-1-4-8-18)19-9-5-2-6-10-19/h1-11,16,21H,12-15,17H2.